The summed E-state index contributed by atoms with van der Waals surface area (Å²) in [5.74, 6) is 1.38. The van der Waals surface area contributed by atoms with Gasteiger partial charge in [0.05, 0.1) is 0 Å². The molecule has 0 heterocycles. The van der Waals surface area contributed by atoms with Gasteiger partial charge in [0, 0.05) is 23.9 Å². The lowest BCUT2D eigenvalue weighted by Crippen LogP contribution is -2.38. The fourth-order valence-electron chi connectivity index (χ4n) is 2.54. The van der Waals surface area contributed by atoms with Gasteiger partial charge in [0.1, 0.15) is 5.78 Å². The second-order valence-electron chi connectivity index (χ2n) is 6.41. The summed E-state index contributed by atoms with van der Waals surface area (Å²) in [5.41, 5.74) is -0.0768. The molecule has 2 heteroatoms. The number of carbonyl (C=O) groups excluding carboxylic acids is 1. The molecule has 1 aliphatic carbocycles. The molecule has 0 aliphatic heterocycles. The van der Waals surface area contributed by atoms with Crippen LogP contribution >= 0.6 is 0 Å². The van der Waals surface area contributed by atoms with Crippen LogP contribution in [0.1, 0.15) is 47.5 Å². The number of ketones is 1. The third kappa shape index (κ3) is 2.85. The molecule has 1 fully saturated rings. The van der Waals surface area contributed by atoms with Gasteiger partial charge in [0.15, 0.2) is 0 Å². The molecule has 0 aromatic rings. The van der Waals surface area contributed by atoms with Crippen molar-refractivity contribution in [2.45, 2.75) is 53.5 Å². The predicted octanol–water partition coefficient (Wildman–Crippen LogP) is 2.97. The highest BCUT2D eigenvalue weighted by atomic mass is 16.1. The number of nitrogens with zero attached hydrogens (tertiary/aromatic N) is 1. The number of Topliss-reactive ketones (excluding diaryl/α,β-unsaturated/α-hetero) is 1. The monoisotopic (exact) mass is 225 g/mol. The van der Waals surface area contributed by atoms with Crippen molar-refractivity contribution in [3.05, 3.63) is 0 Å². The van der Waals surface area contributed by atoms with E-state index < -0.39 is 0 Å². The van der Waals surface area contributed by atoms with Crippen molar-refractivity contribution in [2.75, 3.05) is 13.6 Å². The van der Waals surface area contributed by atoms with Crippen LogP contribution in [0.15, 0.2) is 0 Å². The molecule has 0 spiro atoms. The Bertz CT molecular complexity index is 257. The topological polar surface area (TPSA) is 20.3 Å². The Morgan fingerprint density at radius 1 is 1.38 bits per heavy atom. The van der Waals surface area contributed by atoms with Crippen LogP contribution < -0.4 is 0 Å². The zero-order valence-corrected chi connectivity index (χ0v) is 11.7. The van der Waals surface area contributed by atoms with E-state index in [1.165, 1.54) is 0 Å². The van der Waals surface area contributed by atoms with Crippen LogP contribution in [0.25, 0.3) is 0 Å². The summed E-state index contributed by atoms with van der Waals surface area (Å²) in [6.07, 6.45) is 2.13. The number of rotatable bonds is 4. The molecule has 0 radical (unpaired) electrons. The van der Waals surface area contributed by atoms with Crippen LogP contribution in [0.2, 0.25) is 0 Å². The highest BCUT2D eigenvalue weighted by molar-refractivity contribution is 5.88. The van der Waals surface area contributed by atoms with Crippen LogP contribution in [-0.2, 0) is 4.79 Å². The molecule has 2 unspecified atom stereocenters. The molecule has 0 aromatic heterocycles. The molecule has 94 valence electrons. The van der Waals surface area contributed by atoms with Crippen molar-refractivity contribution in [3.63, 3.8) is 0 Å². The van der Waals surface area contributed by atoms with Crippen molar-refractivity contribution in [3.8, 4) is 0 Å². The molecule has 0 aromatic carbocycles. The molecule has 0 N–H and O–H groups in total. The van der Waals surface area contributed by atoms with E-state index in [0.29, 0.717) is 17.7 Å². The minimum absolute atomic E-state index is 0.0768. The first kappa shape index (κ1) is 13.7. The highest BCUT2D eigenvalue weighted by Crippen LogP contribution is 2.37. The smallest absolute Gasteiger partial charge is 0.142 e. The summed E-state index contributed by atoms with van der Waals surface area (Å²) in [5, 5.41) is 0. The fraction of sp³-hybridized carbons (Fsp3) is 0.929. The van der Waals surface area contributed by atoms with Gasteiger partial charge in [-0.15, -0.1) is 0 Å². The van der Waals surface area contributed by atoms with Gasteiger partial charge in [-0.25, -0.2) is 0 Å². The van der Waals surface area contributed by atoms with Crippen molar-refractivity contribution in [2.24, 2.45) is 17.3 Å². The largest absolute Gasteiger partial charge is 0.303 e. The zero-order chi connectivity index (χ0) is 12.5. The van der Waals surface area contributed by atoms with Gasteiger partial charge < -0.3 is 4.90 Å². The Labute approximate surface area is 100 Å². The Morgan fingerprint density at radius 3 is 2.31 bits per heavy atom. The van der Waals surface area contributed by atoms with Gasteiger partial charge in [0.2, 0.25) is 0 Å². The van der Waals surface area contributed by atoms with E-state index in [0.717, 1.165) is 19.4 Å². The van der Waals surface area contributed by atoms with Gasteiger partial charge in [-0.1, -0.05) is 27.7 Å². The third-order valence-corrected chi connectivity index (χ3v) is 4.32. The normalized spacial score (nSPS) is 26.8. The predicted molar refractivity (Wildman–Crippen MR) is 68.4 cm³/mol. The van der Waals surface area contributed by atoms with Crippen molar-refractivity contribution < 1.29 is 4.79 Å². The van der Waals surface area contributed by atoms with Crippen LogP contribution in [-0.4, -0.2) is 30.3 Å². The van der Waals surface area contributed by atoms with E-state index >= 15 is 0 Å². The molecular formula is C14H27NO. The van der Waals surface area contributed by atoms with E-state index in [-0.39, 0.29) is 11.3 Å². The van der Waals surface area contributed by atoms with Crippen LogP contribution in [0.5, 0.6) is 0 Å². The van der Waals surface area contributed by atoms with Gasteiger partial charge in [-0.05, 0) is 32.7 Å². The average molecular weight is 225 g/mol. The summed E-state index contributed by atoms with van der Waals surface area (Å²) < 4.78 is 0. The van der Waals surface area contributed by atoms with Gasteiger partial charge in [-0.2, -0.15) is 0 Å². The lowest BCUT2D eigenvalue weighted by Gasteiger charge is -2.30. The maximum Gasteiger partial charge on any atom is 0.142 e. The van der Waals surface area contributed by atoms with E-state index in [1.807, 2.05) is 0 Å². The molecule has 16 heavy (non-hydrogen) atoms. The second kappa shape index (κ2) is 4.87. The molecule has 0 bridgehead atoms. The second-order valence-corrected chi connectivity index (χ2v) is 6.41. The molecule has 1 rings (SSSR count). The fourth-order valence-corrected chi connectivity index (χ4v) is 2.54. The molecule has 1 saturated carbocycles. The number of hydrogen-bond donors (Lipinski definition) is 0. The lowest BCUT2D eigenvalue weighted by molar-refractivity contribution is -0.128. The standard InChI is InChI=1S/C14H27NO/c1-10(2)11(3)15(6)9-12-7-8-14(4,5)13(12)16/h10-12H,7-9H2,1-6H3. The van der Waals surface area contributed by atoms with E-state index in [2.05, 4.69) is 46.6 Å². The summed E-state index contributed by atoms with van der Waals surface area (Å²) in [6.45, 7) is 11.8. The maximum atomic E-state index is 12.1. The average Bonchev–Trinajstić information content (AvgIpc) is 2.43. The van der Waals surface area contributed by atoms with E-state index in [1.54, 1.807) is 0 Å². The number of carbonyl (C=O) groups is 1. The Balaban J connectivity index is 2.54. The van der Waals surface area contributed by atoms with Gasteiger partial charge in [0.25, 0.3) is 0 Å². The summed E-state index contributed by atoms with van der Waals surface area (Å²) >= 11 is 0. The van der Waals surface area contributed by atoms with Crippen LogP contribution in [0.3, 0.4) is 0 Å². The Hall–Kier alpha value is -0.370. The van der Waals surface area contributed by atoms with E-state index in [4.69, 9.17) is 0 Å². The maximum absolute atomic E-state index is 12.1. The Morgan fingerprint density at radius 2 is 1.94 bits per heavy atom. The van der Waals surface area contributed by atoms with Crippen LogP contribution in [0.4, 0.5) is 0 Å². The summed E-state index contributed by atoms with van der Waals surface area (Å²) in [7, 11) is 2.14. The minimum Gasteiger partial charge on any atom is -0.303 e. The van der Waals surface area contributed by atoms with E-state index in [9.17, 15) is 4.79 Å². The third-order valence-electron chi connectivity index (χ3n) is 4.32. The first-order valence-electron chi connectivity index (χ1n) is 6.50. The molecule has 2 nitrogen and oxygen atoms in total. The number of hydrogen-bond acceptors (Lipinski definition) is 2. The lowest BCUT2D eigenvalue weighted by atomic mass is 9.89. The summed E-state index contributed by atoms with van der Waals surface area (Å²) in [4.78, 5) is 14.5. The first-order chi connectivity index (χ1) is 7.25. The molecule has 2 atom stereocenters. The molecule has 0 amide bonds. The SMILES string of the molecule is CC(C)C(C)N(C)CC1CCC(C)(C)C1=O. The molecular weight excluding hydrogens is 198 g/mol. The van der Waals surface area contributed by atoms with Gasteiger partial charge >= 0.3 is 0 Å². The molecule has 1 aliphatic rings. The van der Waals surface area contributed by atoms with Crippen molar-refractivity contribution in [1.29, 1.82) is 0 Å². The van der Waals surface area contributed by atoms with Gasteiger partial charge in [-0.3, -0.25) is 4.79 Å². The summed E-state index contributed by atoms with van der Waals surface area (Å²) in [6, 6.07) is 0.552. The highest BCUT2D eigenvalue weighted by Gasteiger charge is 2.40. The van der Waals surface area contributed by atoms with Crippen molar-refractivity contribution >= 4 is 5.78 Å². The van der Waals surface area contributed by atoms with Crippen molar-refractivity contribution in [1.82, 2.24) is 4.90 Å². The molecule has 0 saturated heterocycles. The quantitative estimate of drug-likeness (QED) is 0.733. The first-order valence-corrected chi connectivity index (χ1v) is 6.50. The minimum atomic E-state index is -0.0768. The zero-order valence-electron chi connectivity index (χ0n) is 11.7. The Kier molecular flexibility index (Phi) is 4.17. The van der Waals surface area contributed by atoms with Crippen LogP contribution in [0, 0.1) is 17.3 Å².